The fourth-order valence-corrected chi connectivity index (χ4v) is 1.72. The van der Waals surface area contributed by atoms with E-state index in [-0.39, 0.29) is 18.2 Å². The lowest BCUT2D eigenvalue weighted by molar-refractivity contribution is 0.0996. The lowest BCUT2D eigenvalue weighted by Gasteiger charge is -2.07. The molecule has 0 aliphatic carbocycles. The summed E-state index contributed by atoms with van der Waals surface area (Å²) in [5.74, 6) is 5.58. The molecule has 5 nitrogen and oxygen atoms in total. The second kappa shape index (κ2) is 6.04. The van der Waals surface area contributed by atoms with Crippen molar-refractivity contribution in [3.05, 3.63) is 47.2 Å². The summed E-state index contributed by atoms with van der Waals surface area (Å²) in [6, 6.07) is 5.60. The standard InChI is InChI=1S/C15H15N3O2/c1-10-5-6-13(12(8-10)4-3-7-16)18-15(19)14-11(2)17-9-20-14/h5-6,8-9H,7,16H2,1-2H3,(H,18,19). The molecular weight excluding hydrogens is 254 g/mol. The van der Waals surface area contributed by atoms with Crippen molar-refractivity contribution in [2.75, 3.05) is 11.9 Å². The van der Waals surface area contributed by atoms with Crippen molar-refractivity contribution in [3.8, 4) is 11.8 Å². The maximum atomic E-state index is 12.1. The molecule has 1 amide bonds. The summed E-state index contributed by atoms with van der Waals surface area (Å²) in [5.41, 5.74) is 8.33. The van der Waals surface area contributed by atoms with Crippen LogP contribution in [0.2, 0.25) is 0 Å². The highest BCUT2D eigenvalue weighted by Crippen LogP contribution is 2.18. The highest BCUT2D eigenvalue weighted by Gasteiger charge is 2.15. The van der Waals surface area contributed by atoms with E-state index < -0.39 is 0 Å². The van der Waals surface area contributed by atoms with Gasteiger partial charge in [-0.25, -0.2) is 4.98 Å². The van der Waals surface area contributed by atoms with Gasteiger partial charge in [0.05, 0.1) is 17.9 Å². The van der Waals surface area contributed by atoms with Crippen molar-refractivity contribution in [1.82, 2.24) is 4.98 Å². The van der Waals surface area contributed by atoms with Gasteiger partial charge in [-0.15, -0.1) is 0 Å². The van der Waals surface area contributed by atoms with E-state index in [9.17, 15) is 4.79 Å². The number of aromatic nitrogens is 1. The normalized spacial score (nSPS) is 9.75. The van der Waals surface area contributed by atoms with Gasteiger partial charge in [-0.2, -0.15) is 0 Å². The number of aryl methyl sites for hydroxylation is 2. The maximum absolute atomic E-state index is 12.1. The number of rotatable bonds is 2. The van der Waals surface area contributed by atoms with Crippen LogP contribution in [0, 0.1) is 25.7 Å². The van der Waals surface area contributed by atoms with Crippen molar-refractivity contribution < 1.29 is 9.21 Å². The number of amides is 1. The van der Waals surface area contributed by atoms with Gasteiger partial charge in [0.15, 0.2) is 6.39 Å². The summed E-state index contributed by atoms with van der Waals surface area (Å²) in [7, 11) is 0. The molecule has 0 radical (unpaired) electrons. The predicted molar refractivity (Wildman–Crippen MR) is 76.3 cm³/mol. The molecule has 0 saturated carbocycles. The average molecular weight is 269 g/mol. The number of nitrogens with two attached hydrogens (primary N) is 1. The van der Waals surface area contributed by atoms with Crippen molar-refractivity contribution in [2.24, 2.45) is 5.73 Å². The van der Waals surface area contributed by atoms with E-state index in [0.717, 1.165) is 11.1 Å². The molecule has 2 rings (SSSR count). The molecule has 0 unspecified atom stereocenters. The van der Waals surface area contributed by atoms with Crippen molar-refractivity contribution >= 4 is 11.6 Å². The molecule has 0 fully saturated rings. The van der Waals surface area contributed by atoms with E-state index in [2.05, 4.69) is 22.1 Å². The topological polar surface area (TPSA) is 81.2 Å². The Morgan fingerprint density at radius 2 is 2.25 bits per heavy atom. The van der Waals surface area contributed by atoms with Gasteiger partial charge in [-0.1, -0.05) is 17.9 Å². The number of oxazole rings is 1. The smallest absolute Gasteiger partial charge is 0.293 e. The Morgan fingerprint density at radius 1 is 1.45 bits per heavy atom. The van der Waals surface area contributed by atoms with Gasteiger partial charge in [-0.05, 0) is 31.5 Å². The third-order valence-electron chi connectivity index (χ3n) is 2.70. The molecule has 0 atom stereocenters. The first-order valence-corrected chi connectivity index (χ1v) is 6.13. The van der Waals surface area contributed by atoms with Gasteiger partial charge in [0.2, 0.25) is 5.76 Å². The molecule has 1 aromatic carbocycles. The van der Waals surface area contributed by atoms with Crippen LogP contribution in [-0.4, -0.2) is 17.4 Å². The van der Waals surface area contributed by atoms with Crippen LogP contribution in [0.25, 0.3) is 0 Å². The molecular formula is C15H15N3O2. The van der Waals surface area contributed by atoms with Gasteiger partial charge in [0, 0.05) is 5.56 Å². The number of anilines is 1. The molecule has 0 saturated heterocycles. The second-order valence-corrected chi connectivity index (χ2v) is 4.28. The third kappa shape index (κ3) is 3.05. The average Bonchev–Trinajstić information content (AvgIpc) is 2.85. The van der Waals surface area contributed by atoms with Crippen molar-refractivity contribution in [3.63, 3.8) is 0 Å². The molecule has 5 heteroatoms. The number of benzene rings is 1. The van der Waals surface area contributed by atoms with Gasteiger partial charge >= 0.3 is 0 Å². The molecule has 20 heavy (non-hydrogen) atoms. The van der Waals surface area contributed by atoms with E-state index in [4.69, 9.17) is 10.2 Å². The first kappa shape index (κ1) is 13.8. The number of hydrogen-bond donors (Lipinski definition) is 2. The zero-order valence-corrected chi connectivity index (χ0v) is 11.4. The minimum Gasteiger partial charge on any atom is -0.438 e. The van der Waals surface area contributed by atoms with Crippen LogP contribution >= 0.6 is 0 Å². The predicted octanol–water partition coefficient (Wildman–Crippen LogP) is 1.85. The van der Waals surface area contributed by atoms with Crippen LogP contribution in [0.4, 0.5) is 5.69 Å². The largest absolute Gasteiger partial charge is 0.438 e. The summed E-state index contributed by atoms with van der Waals surface area (Å²) in [6.07, 6.45) is 1.24. The van der Waals surface area contributed by atoms with Crippen LogP contribution in [0.3, 0.4) is 0 Å². The van der Waals surface area contributed by atoms with Crippen molar-refractivity contribution in [1.29, 1.82) is 0 Å². The van der Waals surface area contributed by atoms with Crippen LogP contribution < -0.4 is 11.1 Å². The number of nitrogens with zero attached hydrogens (tertiary/aromatic N) is 1. The molecule has 0 spiro atoms. The molecule has 0 bridgehead atoms. The second-order valence-electron chi connectivity index (χ2n) is 4.28. The van der Waals surface area contributed by atoms with Crippen LogP contribution in [-0.2, 0) is 0 Å². The lowest BCUT2D eigenvalue weighted by atomic mass is 10.1. The highest BCUT2D eigenvalue weighted by atomic mass is 16.3. The van der Waals surface area contributed by atoms with E-state index in [1.54, 1.807) is 13.0 Å². The Labute approximate surface area is 117 Å². The first-order valence-electron chi connectivity index (χ1n) is 6.13. The Kier molecular flexibility index (Phi) is 4.18. The van der Waals surface area contributed by atoms with Crippen LogP contribution in [0.5, 0.6) is 0 Å². The summed E-state index contributed by atoms with van der Waals surface area (Å²) in [6.45, 7) is 3.94. The minimum atomic E-state index is -0.348. The molecule has 102 valence electrons. The summed E-state index contributed by atoms with van der Waals surface area (Å²) >= 11 is 0. The van der Waals surface area contributed by atoms with Crippen molar-refractivity contribution in [2.45, 2.75) is 13.8 Å². The fraction of sp³-hybridized carbons (Fsp3) is 0.200. The van der Waals surface area contributed by atoms with Gasteiger partial charge in [0.1, 0.15) is 0 Å². The SMILES string of the molecule is Cc1ccc(NC(=O)c2ocnc2C)c(C#CCN)c1. The van der Waals surface area contributed by atoms with E-state index in [1.165, 1.54) is 6.39 Å². The van der Waals surface area contributed by atoms with E-state index in [1.807, 2.05) is 19.1 Å². The zero-order valence-electron chi connectivity index (χ0n) is 11.4. The maximum Gasteiger partial charge on any atom is 0.293 e. The quantitative estimate of drug-likeness (QED) is 0.815. The van der Waals surface area contributed by atoms with E-state index in [0.29, 0.717) is 11.4 Å². The molecule has 2 aromatic rings. The molecule has 1 aromatic heterocycles. The monoisotopic (exact) mass is 269 g/mol. The van der Waals surface area contributed by atoms with Crippen LogP contribution in [0.15, 0.2) is 29.0 Å². The minimum absolute atomic E-state index is 0.198. The Bertz CT molecular complexity index is 693. The summed E-state index contributed by atoms with van der Waals surface area (Å²) in [4.78, 5) is 16.0. The number of carbonyl (C=O) groups excluding carboxylic acids is 1. The lowest BCUT2D eigenvalue weighted by Crippen LogP contribution is -2.13. The molecule has 0 aliphatic rings. The van der Waals surface area contributed by atoms with Gasteiger partial charge < -0.3 is 15.5 Å². The zero-order chi connectivity index (χ0) is 14.5. The van der Waals surface area contributed by atoms with Gasteiger partial charge in [0.25, 0.3) is 5.91 Å². The van der Waals surface area contributed by atoms with Gasteiger partial charge in [-0.3, -0.25) is 4.79 Å². The molecule has 1 heterocycles. The molecule has 3 N–H and O–H groups in total. The number of hydrogen-bond acceptors (Lipinski definition) is 4. The summed E-state index contributed by atoms with van der Waals surface area (Å²) in [5, 5.41) is 2.77. The number of nitrogens with one attached hydrogen (secondary N) is 1. The fourth-order valence-electron chi connectivity index (χ4n) is 1.72. The Hall–Kier alpha value is -2.58. The Morgan fingerprint density at radius 3 is 2.90 bits per heavy atom. The third-order valence-corrected chi connectivity index (χ3v) is 2.70. The summed E-state index contributed by atoms with van der Waals surface area (Å²) < 4.78 is 5.06. The molecule has 0 aliphatic heterocycles. The highest BCUT2D eigenvalue weighted by molar-refractivity contribution is 6.03. The first-order chi connectivity index (χ1) is 9.61. The van der Waals surface area contributed by atoms with E-state index >= 15 is 0 Å². The van der Waals surface area contributed by atoms with Crippen LogP contribution in [0.1, 0.15) is 27.4 Å². The Balaban J connectivity index is 2.29. The number of carbonyl (C=O) groups is 1.